The molecule has 7 nitrogen and oxygen atoms in total. The van der Waals surface area contributed by atoms with E-state index in [4.69, 9.17) is 15.7 Å². The van der Waals surface area contributed by atoms with Crippen molar-refractivity contribution < 1.29 is 0 Å². The van der Waals surface area contributed by atoms with Crippen molar-refractivity contribution in [2.24, 2.45) is 5.73 Å². The second kappa shape index (κ2) is 7.73. The molecule has 0 amide bonds. The van der Waals surface area contributed by atoms with Crippen LogP contribution in [0.1, 0.15) is 42.6 Å². The van der Waals surface area contributed by atoms with Gasteiger partial charge in [-0.15, -0.1) is 0 Å². The van der Waals surface area contributed by atoms with Crippen molar-refractivity contribution in [1.29, 1.82) is 5.26 Å². The van der Waals surface area contributed by atoms with Crippen LogP contribution in [0, 0.1) is 11.3 Å². The Kier molecular flexibility index (Phi) is 4.77. The zero-order valence-electron chi connectivity index (χ0n) is 16.6. The maximum atomic E-state index is 9.22. The number of nitrogens with zero attached hydrogens (tertiary/aromatic N) is 4. The van der Waals surface area contributed by atoms with Crippen LogP contribution in [0.4, 0.5) is 5.82 Å². The number of hydrogen-bond donors (Lipinski definition) is 3. The largest absolute Gasteiger partial charge is 0.367 e. The smallest absolute Gasteiger partial charge is 0.145 e. The van der Waals surface area contributed by atoms with Gasteiger partial charge in [-0.1, -0.05) is 30.3 Å². The van der Waals surface area contributed by atoms with Crippen molar-refractivity contribution in [2.45, 2.75) is 44.2 Å². The number of benzene rings is 1. The summed E-state index contributed by atoms with van der Waals surface area (Å²) in [6, 6.07) is 14.8. The molecule has 1 aromatic carbocycles. The van der Waals surface area contributed by atoms with E-state index in [1.807, 2.05) is 24.3 Å². The molecule has 150 valence electrons. The molecule has 30 heavy (non-hydrogen) atoms. The fourth-order valence-corrected chi connectivity index (χ4v) is 4.19. The van der Waals surface area contributed by atoms with Crippen molar-refractivity contribution >= 4 is 27.9 Å². The Balaban J connectivity index is 1.60. The maximum Gasteiger partial charge on any atom is 0.145 e. The lowest BCUT2D eigenvalue weighted by Crippen LogP contribution is -2.33. The van der Waals surface area contributed by atoms with Gasteiger partial charge in [-0.3, -0.25) is 4.98 Å². The minimum absolute atomic E-state index is 0.293. The zero-order chi connectivity index (χ0) is 20.5. The quantitative estimate of drug-likeness (QED) is 0.484. The maximum absolute atomic E-state index is 9.22. The lowest BCUT2D eigenvalue weighted by atomic mass is 9.92. The second-order valence-electron chi connectivity index (χ2n) is 7.99. The number of aromatic nitrogens is 4. The normalized spacial score (nSPS) is 19.1. The third-order valence-corrected chi connectivity index (χ3v) is 5.78. The molecule has 7 heteroatoms. The highest BCUT2D eigenvalue weighted by Crippen LogP contribution is 2.31. The average molecular weight is 397 g/mol. The summed E-state index contributed by atoms with van der Waals surface area (Å²) >= 11 is 0. The molecule has 0 unspecified atom stereocenters. The predicted molar refractivity (Wildman–Crippen MR) is 117 cm³/mol. The van der Waals surface area contributed by atoms with Crippen molar-refractivity contribution in [1.82, 2.24) is 19.9 Å². The fourth-order valence-electron chi connectivity index (χ4n) is 4.19. The van der Waals surface area contributed by atoms with Crippen LogP contribution in [0.25, 0.3) is 22.1 Å². The van der Waals surface area contributed by atoms with Crippen LogP contribution in [0.2, 0.25) is 0 Å². The number of anilines is 1. The summed E-state index contributed by atoms with van der Waals surface area (Å²) in [6.45, 7) is 0. The molecule has 0 radical (unpaired) electrons. The van der Waals surface area contributed by atoms with Gasteiger partial charge in [0.25, 0.3) is 0 Å². The SMILES string of the molecule is N#Cc1cnc2c(c1)[nH]c1nc(Cc3ccccc3)nc(N[C@H]3CC[C@H](N)CC3)c12. The van der Waals surface area contributed by atoms with Gasteiger partial charge in [0.2, 0.25) is 0 Å². The molecule has 0 atom stereocenters. The third-order valence-electron chi connectivity index (χ3n) is 5.78. The first kappa shape index (κ1) is 18.5. The molecule has 0 aliphatic heterocycles. The highest BCUT2D eigenvalue weighted by Gasteiger charge is 2.22. The molecule has 3 aromatic heterocycles. The zero-order valence-corrected chi connectivity index (χ0v) is 16.6. The molecule has 4 N–H and O–H groups in total. The second-order valence-corrected chi connectivity index (χ2v) is 7.99. The number of nitrogens with one attached hydrogen (secondary N) is 2. The molecule has 0 saturated heterocycles. The van der Waals surface area contributed by atoms with E-state index in [9.17, 15) is 5.26 Å². The Hall–Kier alpha value is -3.50. The van der Waals surface area contributed by atoms with E-state index in [2.05, 4.69) is 33.5 Å². The van der Waals surface area contributed by atoms with E-state index in [1.165, 1.54) is 0 Å². The standard InChI is InChI=1S/C23H23N7/c24-12-15-10-18-21(26-13-15)20-22(27-17-8-6-16(25)7-9-17)29-19(30-23(20)28-18)11-14-4-2-1-3-5-14/h1-5,10,13,16-17H,6-9,11,25H2,(H2,27,28,29,30)/t16-,17-. The molecule has 1 saturated carbocycles. The Morgan fingerprint density at radius 2 is 1.93 bits per heavy atom. The first-order chi connectivity index (χ1) is 14.7. The van der Waals surface area contributed by atoms with Gasteiger partial charge in [0.15, 0.2) is 0 Å². The van der Waals surface area contributed by atoms with E-state index in [1.54, 1.807) is 6.20 Å². The van der Waals surface area contributed by atoms with Crippen molar-refractivity contribution in [3.63, 3.8) is 0 Å². The Bertz CT molecular complexity index is 1230. The van der Waals surface area contributed by atoms with Gasteiger partial charge in [-0.2, -0.15) is 5.26 Å². The fraction of sp³-hybridized carbons (Fsp3) is 0.304. The van der Waals surface area contributed by atoms with Gasteiger partial charge in [-0.05, 0) is 37.3 Å². The highest BCUT2D eigenvalue weighted by molar-refractivity contribution is 6.09. The van der Waals surface area contributed by atoms with Gasteiger partial charge in [-0.25, -0.2) is 9.97 Å². The Morgan fingerprint density at radius 1 is 1.13 bits per heavy atom. The first-order valence-electron chi connectivity index (χ1n) is 10.3. The Labute approximate surface area is 174 Å². The lowest BCUT2D eigenvalue weighted by molar-refractivity contribution is 0.410. The van der Waals surface area contributed by atoms with E-state index >= 15 is 0 Å². The summed E-state index contributed by atoms with van der Waals surface area (Å²) in [5.74, 6) is 1.55. The molecule has 4 aromatic rings. The van der Waals surface area contributed by atoms with Crippen LogP contribution in [0.3, 0.4) is 0 Å². The molecule has 1 aliphatic carbocycles. The van der Waals surface area contributed by atoms with Crippen LogP contribution in [0.15, 0.2) is 42.6 Å². The summed E-state index contributed by atoms with van der Waals surface area (Å²) in [5, 5.41) is 13.7. The number of nitrogens with two attached hydrogens (primary N) is 1. The van der Waals surface area contributed by atoms with Crippen LogP contribution >= 0.6 is 0 Å². The van der Waals surface area contributed by atoms with Gasteiger partial charge in [0.1, 0.15) is 28.9 Å². The minimum Gasteiger partial charge on any atom is -0.367 e. The van der Waals surface area contributed by atoms with E-state index in [0.717, 1.165) is 65.0 Å². The Morgan fingerprint density at radius 3 is 2.70 bits per heavy atom. The van der Waals surface area contributed by atoms with Crippen LogP contribution in [-0.2, 0) is 6.42 Å². The lowest BCUT2D eigenvalue weighted by Gasteiger charge is -2.27. The summed E-state index contributed by atoms with van der Waals surface area (Å²) in [6.07, 6.45) is 6.31. The van der Waals surface area contributed by atoms with E-state index in [0.29, 0.717) is 24.1 Å². The third kappa shape index (κ3) is 3.58. The number of rotatable bonds is 4. The predicted octanol–water partition coefficient (Wildman–Crippen LogP) is 3.65. The molecular formula is C23H23N7. The number of pyridine rings is 1. The van der Waals surface area contributed by atoms with Crippen LogP contribution in [-0.4, -0.2) is 32.0 Å². The first-order valence-corrected chi connectivity index (χ1v) is 10.3. The van der Waals surface area contributed by atoms with E-state index < -0.39 is 0 Å². The monoisotopic (exact) mass is 397 g/mol. The average Bonchev–Trinajstić information content (AvgIpc) is 3.13. The number of hydrogen-bond acceptors (Lipinski definition) is 6. The van der Waals surface area contributed by atoms with Gasteiger partial charge in [0, 0.05) is 24.7 Å². The van der Waals surface area contributed by atoms with Crippen molar-refractivity contribution in [2.75, 3.05) is 5.32 Å². The molecule has 1 aliphatic rings. The number of H-pyrrole nitrogens is 1. The molecule has 1 fully saturated rings. The van der Waals surface area contributed by atoms with Gasteiger partial charge < -0.3 is 16.0 Å². The van der Waals surface area contributed by atoms with Crippen molar-refractivity contribution in [3.8, 4) is 6.07 Å². The summed E-state index contributed by atoms with van der Waals surface area (Å²) in [5.41, 5.74) is 10.1. The number of nitriles is 1. The molecular weight excluding hydrogens is 374 g/mol. The molecule has 0 bridgehead atoms. The van der Waals surface area contributed by atoms with Crippen LogP contribution in [0.5, 0.6) is 0 Å². The molecule has 0 spiro atoms. The molecule has 5 rings (SSSR count). The topological polar surface area (TPSA) is 116 Å². The number of aromatic amines is 1. The highest BCUT2D eigenvalue weighted by atomic mass is 15.1. The minimum atomic E-state index is 0.293. The molecule has 3 heterocycles. The summed E-state index contributed by atoms with van der Waals surface area (Å²) in [4.78, 5) is 17.5. The van der Waals surface area contributed by atoms with Crippen molar-refractivity contribution in [3.05, 3.63) is 59.5 Å². The summed E-state index contributed by atoms with van der Waals surface area (Å²) in [7, 11) is 0. The number of fused-ring (bicyclic) bond motifs is 3. The summed E-state index contributed by atoms with van der Waals surface area (Å²) < 4.78 is 0. The van der Waals surface area contributed by atoms with Crippen LogP contribution < -0.4 is 11.1 Å². The van der Waals surface area contributed by atoms with Gasteiger partial charge in [0.05, 0.1) is 16.5 Å². The van der Waals surface area contributed by atoms with Gasteiger partial charge >= 0.3 is 0 Å². The van der Waals surface area contributed by atoms with E-state index in [-0.39, 0.29) is 0 Å².